The van der Waals surface area contributed by atoms with Crippen molar-refractivity contribution in [1.29, 1.82) is 0 Å². The molecule has 94 valence electrons. The number of esters is 1. The van der Waals surface area contributed by atoms with Gasteiger partial charge in [-0.25, -0.2) is 4.79 Å². The lowest BCUT2D eigenvalue weighted by molar-refractivity contribution is -0.142. The van der Waals surface area contributed by atoms with E-state index in [4.69, 9.17) is 5.73 Å². The molecule has 1 aromatic carbocycles. The lowest BCUT2D eigenvalue weighted by Gasteiger charge is -2.08. The molecule has 18 heavy (non-hydrogen) atoms. The first kappa shape index (κ1) is 12.3. The normalized spacial score (nSPS) is 12.2. The largest absolute Gasteiger partial charge is 0.468 e. The van der Waals surface area contributed by atoms with E-state index >= 15 is 0 Å². The minimum absolute atomic E-state index is 0.474. The Morgan fingerprint density at radius 1 is 1.39 bits per heavy atom. The van der Waals surface area contributed by atoms with Gasteiger partial charge in [0.05, 0.1) is 18.5 Å². The summed E-state index contributed by atoms with van der Waals surface area (Å²) in [7, 11) is 3.07. The van der Waals surface area contributed by atoms with Crippen LogP contribution in [-0.2, 0) is 16.6 Å². The molecule has 0 radical (unpaired) electrons. The summed E-state index contributed by atoms with van der Waals surface area (Å²) in [4.78, 5) is 11.4. The monoisotopic (exact) mass is 245 g/mol. The fourth-order valence-corrected chi connectivity index (χ4v) is 1.77. The average molecular weight is 245 g/mol. The minimum atomic E-state index is -0.815. The fraction of sp³-hybridized carbons (Fsp3) is 0.231. The first-order valence-electron chi connectivity index (χ1n) is 5.56. The molecule has 0 amide bonds. The second-order valence-electron chi connectivity index (χ2n) is 3.94. The summed E-state index contributed by atoms with van der Waals surface area (Å²) < 4.78 is 6.23. The zero-order valence-corrected chi connectivity index (χ0v) is 10.3. The first-order valence-corrected chi connectivity index (χ1v) is 5.56. The van der Waals surface area contributed by atoms with Crippen molar-refractivity contribution in [2.75, 3.05) is 7.11 Å². The molecule has 0 fully saturated rings. The van der Waals surface area contributed by atoms with Crippen LogP contribution >= 0.6 is 0 Å². The maximum atomic E-state index is 11.4. The zero-order valence-electron chi connectivity index (χ0n) is 10.3. The van der Waals surface area contributed by atoms with Crippen molar-refractivity contribution in [3.05, 3.63) is 42.1 Å². The molecule has 5 heteroatoms. The topological polar surface area (TPSA) is 70.1 Å². The molecule has 2 aromatic rings. The lowest BCUT2D eigenvalue weighted by Crippen LogP contribution is -2.24. The molecule has 0 saturated carbocycles. The van der Waals surface area contributed by atoms with Gasteiger partial charge in [-0.1, -0.05) is 30.3 Å². The highest BCUT2D eigenvalue weighted by molar-refractivity contribution is 5.77. The van der Waals surface area contributed by atoms with E-state index in [0.717, 1.165) is 11.3 Å². The number of carbonyl (C=O) groups excluding carboxylic acids is 1. The van der Waals surface area contributed by atoms with Crippen molar-refractivity contribution in [1.82, 2.24) is 9.78 Å². The number of aryl methyl sites for hydroxylation is 1. The van der Waals surface area contributed by atoms with Gasteiger partial charge in [-0.15, -0.1) is 0 Å². The maximum Gasteiger partial charge on any atom is 0.328 e. The van der Waals surface area contributed by atoms with Gasteiger partial charge in [0.25, 0.3) is 0 Å². The Balaban J connectivity index is 2.36. The Labute approximate surface area is 105 Å². The van der Waals surface area contributed by atoms with Crippen LogP contribution in [0.1, 0.15) is 11.7 Å². The van der Waals surface area contributed by atoms with Crippen LogP contribution in [-0.4, -0.2) is 22.9 Å². The zero-order chi connectivity index (χ0) is 13.1. The molecule has 0 aliphatic heterocycles. The molecule has 2 rings (SSSR count). The van der Waals surface area contributed by atoms with Crippen LogP contribution in [0.4, 0.5) is 0 Å². The molecular weight excluding hydrogens is 230 g/mol. The number of benzene rings is 1. The standard InChI is InChI=1S/C13H15N3O2/c1-16-11(12(14)13(17)18-2)8-10(15-16)9-6-4-3-5-7-9/h3-8,12H,14H2,1-2H3. The van der Waals surface area contributed by atoms with Crippen LogP contribution in [0.25, 0.3) is 11.3 Å². The van der Waals surface area contributed by atoms with Crippen molar-refractivity contribution in [2.45, 2.75) is 6.04 Å². The van der Waals surface area contributed by atoms with E-state index in [2.05, 4.69) is 9.84 Å². The Bertz CT molecular complexity index is 549. The molecule has 5 nitrogen and oxygen atoms in total. The van der Waals surface area contributed by atoms with Gasteiger partial charge in [-0.05, 0) is 6.07 Å². The molecule has 0 aliphatic rings. The molecule has 1 aromatic heterocycles. The van der Waals surface area contributed by atoms with Gasteiger partial charge >= 0.3 is 5.97 Å². The van der Waals surface area contributed by atoms with Crippen molar-refractivity contribution in [3.63, 3.8) is 0 Å². The quantitative estimate of drug-likeness (QED) is 0.826. The number of carbonyl (C=O) groups is 1. The Hall–Kier alpha value is -2.14. The van der Waals surface area contributed by atoms with Crippen LogP contribution in [0.5, 0.6) is 0 Å². The summed E-state index contributed by atoms with van der Waals surface area (Å²) in [6, 6.07) is 10.7. The number of nitrogens with zero attached hydrogens (tertiary/aromatic N) is 2. The van der Waals surface area contributed by atoms with E-state index in [1.807, 2.05) is 30.3 Å². The van der Waals surface area contributed by atoms with Crippen molar-refractivity contribution < 1.29 is 9.53 Å². The highest BCUT2D eigenvalue weighted by Gasteiger charge is 2.21. The van der Waals surface area contributed by atoms with E-state index in [9.17, 15) is 4.79 Å². The van der Waals surface area contributed by atoms with E-state index < -0.39 is 12.0 Å². The van der Waals surface area contributed by atoms with Gasteiger partial charge in [-0.3, -0.25) is 4.68 Å². The molecular formula is C13H15N3O2. The molecule has 0 bridgehead atoms. The van der Waals surface area contributed by atoms with Gasteiger partial charge in [0.15, 0.2) is 0 Å². The average Bonchev–Trinajstić information content (AvgIpc) is 2.80. The fourth-order valence-electron chi connectivity index (χ4n) is 1.77. The van der Waals surface area contributed by atoms with E-state index in [-0.39, 0.29) is 0 Å². The van der Waals surface area contributed by atoms with Crippen molar-refractivity contribution in [3.8, 4) is 11.3 Å². The predicted octanol–water partition coefficient (Wildman–Crippen LogP) is 1.26. The van der Waals surface area contributed by atoms with Crippen LogP contribution in [0.3, 0.4) is 0 Å². The number of hydrogen-bond donors (Lipinski definition) is 1. The number of hydrogen-bond acceptors (Lipinski definition) is 4. The molecule has 0 aliphatic carbocycles. The third-order valence-corrected chi connectivity index (χ3v) is 2.76. The number of aromatic nitrogens is 2. The third-order valence-electron chi connectivity index (χ3n) is 2.76. The summed E-state index contributed by atoms with van der Waals surface area (Å²) in [5.41, 5.74) is 8.20. The van der Waals surface area contributed by atoms with Gasteiger partial charge < -0.3 is 10.5 Å². The number of nitrogens with two attached hydrogens (primary N) is 1. The SMILES string of the molecule is COC(=O)C(N)c1cc(-c2ccccc2)nn1C. The summed E-state index contributed by atoms with van der Waals surface area (Å²) in [6.45, 7) is 0. The van der Waals surface area contributed by atoms with Crippen LogP contribution in [0.2, 0.25) is 0 Å². The number of methoxy groups -OCH3 is 1. The van der Waals surface area contributed by atoms with Crippen LogP contribution in [0.15, 0.2) is 36.4 Å². The molecule has 1 heterocycles. The smallest absolute Gasteiger partial charge is 0.328 e. The van der Waals surface area contributed by atoms with Gasteiger partial charge in [0.2, 0.25) is 0 Å². The second-order valence-corrected chi connectivity index (χ2v) is 3.94. The molecule has 0 spiro atoms. The maximum absolute atomic E-state index is 11.4. The molecule has 1 unspecified atom stereocenters. The lowest BCUT2D eigenvalue weighted by atomic mass is 10.1. The Kier molecular flexibility index (Phi) is 3.43. The molecule has 1 atom stereocenters. The van der Waals surface area contributed by atoms with Gasteiger partial charge in [0, 0.05) is 12.6 Å². The van der Waals surface area contributed by atoms with Crippen molar-refractivity contribution in [2.24, 2.45) is 12.8 Å². The molecule has 0 saturated heterocycles. The summed E-state index contributed by atoms with van der Waals surface area (Å²) in [5, 5.41) is 4.35. The third kappa shape index (κ3) is 2.26. The van der Waals surface area contributed by atoms with Crippen molar-refractivity contribution >= 4 is 5.97 Å². The highest BCUT2D eigenvalue weighted by atomic mass is 16.5. The van der Waals surface area contributed by atoms with Crippen LogP contribution < -0.4 is 5.73 Å². The Morgan fingerprint density at radius 3 is 2.67 bits per heavy atom. The summed E-state index contributed by atoms with van der Waals surface area (Å²) >= 11 is 0. The molecule has 2 N–H and O–H groups in total. The predicted molar refractivity (Wildman–Crippen MR) is 67.6 cm³/mol. The highest BCUT2D eigenvalue weighted by Crippen LogP contribution is 2.21. The minimum Gasteiger partial charge on any atom is -0.468 e. The summed E-state index contributed by atoms with van der Waals surface area (Å²) in [5.74, 6) is -0.474. The van der Waals surface area contributed by atoms with E-state index in [1.54, 1.807) is 17.8 Å². The summed E-state index contributed by atoms with van der Waals surface area (Å²) in [6.07, 6.45) is 0. The van der Waals surface area contributed by atoms with Gasteiger partial charge in [-0.2, -0.15) is 5.10 Å². The van der Waals surface area contributed by atoms with E-state index in [0.29, 0.717) is 5.69 Å². The second kappa shape index (κ2) is 5.01. The van der Waals surface area contributed by atoms with E-state index in [1.165, 1.54) is 7.11 Å². The Morgan fingerprint density at radius 2 is 2.06 bits per heavy atom. The first-order chi connectivity index (χ1) is 8.63. The number of rotatable bonds is 3. The van der Waals surface area contributed by atoms with Gasteiger partial charge in [0.1, 0.15) is 6.04 Å². The van der Waals surface area contributed by atoms with Crippen LogP contribution in [0, 0.1) is 0 Å². The number of ether oxygens (including phenoxy) is 1.